The van der Waals surface area contributed by atoms with Gasteiger partial charge in [0.15, 0.2) is 0 Å². The van der Waals surface area contributed by atoms with Gasteiger partial charge < -0.3 is 10.1 Å². The highest BCUT2D eigenvalue weighted by Gasteiger charge is 2.32. The Bertz CT molecular complexity index is 1190. The number of benzene rings is 3. The maximum absolute atomic E-state index is 12.6. The number of imide groups is 1. The van der Waals surface area contributed by atoms with Gasteiger partial charge in [0, 0.05) is 22.7 Å². The molecule has 3 aromatic rings. The number of halogens is 1. The summed E-state index contributed by atoms with van der Waals surface area (Å²) in [4.78, 5) is 25.9. The lowest BCUT2D eigenvalue weighted by molar-refractivity contribution is -0.122. The molecule has 1 fully saturated rings. The second kappa shape index (κ2) is 8.43. The van der Waals surface area contributed by atoms with E-state index < -0.39 is 11.9 Å². The summed E-state index contributed by atoms with van der Waals surface area (Å²) in [7, 11) is 0. The molecule has 1 N–H and O–H groups in total. The zero-order valence-electron chi connectivity index (χ0n) is 16.1. The number of nitrogens with zero attached hydrogens (tertiary/aromatic N) is 1. The summed E-state index contributed by atoms with van der Waals surface area (Å²) in [6.45, 7) is 4.01. The predicted octanol–water partition coefficient (Wildman–Crippen LogP) is 5.15. The molecule has 6 heteroatoms. The van der Waals surface area contributed by atoms with E-state index in [1.54, 1.807) is 6.08 Å². The lowest BCUT2D eigenvalue weighted by Gasteiger charge is -2.13. The van der Waals surface area contributed by atoms with Gasteiger partial charge in [-0.05, 0) is 29.0 Å². The van der Waals surface area contributed by atoms with Crippen LogP contribution in [0.15, 0.2) is 79.0 Å². The average Bonchev–Trinajstić information content (AvgIpc) is 3.02. The summed E-state index contributed by atoms with van der Waals surface area (Å²) in [5, 5.41) is 5.16. The molecule has 30 heavy (non-hydrogen) atoms. The average molecular weight is 419 g/mol. The zero-order chi connectivity index (χ0) is 21.1. The Morgan fingerprint density at radius 2 is 1.80 bits per heavy atom. The van der Waals surface area contributed by atoms with Crippen LogP contribution in [-0.2, 0) is 11.4 Å². The van der Waals surface area contributed by atoms with E-state index in [1.807, 2.05) is 60.7 Å². The lowest BCUT2D eigenvalue weighted by atomic mass is 10.0. The first-order chi connectivity index (χ1) is 14.6. The molecule has 1 heterocycles. The van der Waals surface area contributed by atoms with Crippen molar-refractivity contribution in [2.45, 2.75) is 6.61 Å². The third-order valence-electron chi connectivity index (χ3n) is 4.83. The van der Waals surface area contributed by atoms with Gasteiger partial charge in [0.25, 0.3) is 5.91 Å². The topological polar surface area (TPSA) is 58.6 Å². The number of carbonyl (C=O) groups excluding carboxylic acids is 2. The molecule has 3 amide bonds. The second-order valence-electron chi connectivity index (χ2n) is 6.77. The van der Waals surface area contributed by atoms with E-state index in [0.717, 1.165) is 21.2 Å². The molecule has 1 aliphatic rings. The van der Waals surface area contributed by atoms with Crippen molar-refractivity contribution in [3.05, 3.63) is 95.2 Å². The Morgan fingerprint density at radius 3 is 2.60 bits per heavy atom. The van der Waals surface area contributed by atoms with Crippen LogP contribution in [0, 0.1) is 0 Å². The molecule has 0 aromatic heterocycles. The highest BCUT2D eigenvalue weighted by atomic mass is 35.5. The van der Waals surface area contributed by atoms with Gasteiger partial charge >= 0.3 is 6.03 Å². The number of urea groups is 1. The predicted molar refractivity (Wildman–Crippen MR) is 118 cm³/mol. The Kier molecular flexibility index (Phi) is 5.55. The van der Waals surface area contributed by atoms with Gasteiger partial charge in [-0.1, -0.05) is 66.2 Å². The van der Waals surface area contributed by atoms with E-state index in [2.05, 4.69) is 11.9 Å². The number of hydrogen-bond donors (Lipinski definition) is 1. The minimum atomic E-state index is -0.468. The maximum atomic E-state index is 12.6. The summed E-state index contributed by atoms with van der Waals surface area (Å²) in [5.41, 5.74) is 1.76. The number of fused-ring (bicyclic) bond motifs is 1. The number of hydrogen-bond acceptors (Lipinski definition) is 3. The maximum Gasteiger partial charge on any atom is 0.329 e. The van der Waals surface area contributed by atoms with Crippen molar-refractivity contribution >= 4 is 40.4 Å². The molecule has 5 nitrogen and oxygen atoms in total. The Labute approximate surface area is 179 Å². The summed E-state index contributed by atoms with van der Waals surface area (Å²) >= 11 is 6.25. The Hall–Kier alpha value is -3.57. The largest absolute Gasteiger partial charge is 0.488 e. The first kappa shape index (κ1) is 19.7. The summed E-state index contributed by atoms with van der Waals surface area (Å²) in [6, 6.07) is 18.6. The van der Waals surface area contributed by atoms with Crippen molar-refractivity contribution in [1.29, 1.82) is 0 Å². The number of ether oxygens (including phenoxy) is 1. The van der Waals surface area contributed by atoms with Crippen molar-refractivity contribution in [2.75, 3.05) is 6.54 Å². The monoisotopic (exact) mass is 418 g/mol. The molecule has 0 bridgehead atoms. The third kappa shape index (κ3) is 3.80. The van der Waals surface area contributed by atoms with Gasteiger partial charge in [0.2, 0.25) is 0 Å². The third-order valence-corrected chi connectivity index (χ3v) is 5.20. The van der Waals surface area contributed by atoms with Gasteiger partial charge in [-0.3, -0.25) is 9.69 Å². The molecule has 1 aliphatic heterocycles. The van der Waals surface area contributed by atoms with Crippen LogP contribution in [0.3, 0.4) is 0 Å². The number of amides is 3. The molecule has 150 valence electrons. The molecule has 1 saturated heterocycles. The van der Waals surface area contributed by atoms with Gasteiger partial charge in [-0.25, -0.2) is 4.79 Å². The van der Waals surface area contributed by atoms with Crippen LogP contribution >= 0.6 is 11.6 Å². The number of carbonyl (C=O) groups is 2. The molecule has 0 radical (unpaired) electrons. The fourth-order valence-corrected chi connectivity index (χ4v) is 3.52. The minimum Gasteiger partial charge on any atom is -0.488 e. The van der Waals surface area contributed by atoms with Crippen LogP contribution in [0.4, 0.5) is 4.79 Å². The van der Waals surface area contributed by atoms with Gasteiger partial charge in [0.05, 0.1) is 0 Å². The van der Waals surface area contributed by atoms with Gasteiger partial charge in [-0.2, -0.15) is 0 Å². The van der Waals surface area contributed by atoms with Crippen LogP contribution in [0.1, 0.15) is 11.1 Å². The number of nitrogens with one attached hydrogen (secondary N) is 1. The quantitative estimate of drug-likeness (QED) is 0.342. The van der Waals surface area contributed by atoms with E-state index in [0.29, 0.717) is 16.3 Å². The van der Waals surface area contributed by atoms with E-state index in [4.69, 9.17) is 16.3 Å². The summed E-state index contributed by atoms with van der Waals surface area (Å²) in [6.07, 6.45) is 3.17. The molecule has 4 rings (SSSR count). The molecular weight excluding hydrogens is 400 g/mol. The first-order valence-electron chi connectivity index (χ1n) is 9.42. The fourth-order valence-electron chi connectivity index (χ4n) is 3.33. The molecule has 3 aromatic carbocycles. The molecule has 0 saturated carbocycles. The van der Waals surface area contributed by atoms with Crippen LogP contribution in [0.2, 0.25) is 5.02 Å². The lowest BCUT2D eigenvalue weighted by Crippen LogP contribution is -2.30. The normalized spacial score (nSPS) is 15.0. The van der Waals surface area contributed by atoms with Gasteiger partial charge in [-0.15, -0.1) is 6.58 Å². The van der Waals surface area contributed by atoms with Crippen LogP contribution in [0.25, 0.3) is 16.8 Å². The van der Waals surface area contributed by atoms with E-state index in [1.165, 1.54) is 6.08 Å². The van der Waals surface area contributed by atoms with Crippen molar-refractivity contribution in [1.82, 2.24) is 10.2 Å². The van der Waals surface area contributed by atoms with E-state index in [9.17, 15) is 9.59 Å². The summed E-state index contributed by atoms with van der Waals surface area (Å²) < 4.78 is 6.08. The van der Waals surface area contributed by atoms with Crippen LogP contribution in [-0.4, -0.2) is 23.4 Å². The zero-order valence-corrected chi connectivity index (χ0v) is 16.9. The molecule has 0 aliphatic carbocycles. The first-order valence-corrected chi connectivity index (χ1v) is 9.79. The molecule has 0 atom stereocenters. The van der Waals surface area contributed by atoms with Crippen molar-refractivity contribution in [3.8, 4) is 5.75 Å². The van der Waals surface area contributed by atoms with Crippen LogP contribution < -0.4 is 10.1 Å². The van der Waals surface area contributed by atoms with Crippen LogP contribution in [0.5, 0.6) is 5.75 Å². The van der Waals surface area contributed by atoms with Gasteiger partial charge in [0.1, 0.15) is 18.1 Å². The Morgan fingerprint density at radius 1 is 1.03 bits per heavy atom. The number of rotatable bonds is 6. The van der Waals surface area contributed by atoms with E-state index >= 15 is 0 Å². The molecular formula is C24H19ClN2O3. The standard InChI is InChI=1S/C24H19ClN2O3/c1-2-13-27-23(28)21(26-24(27)29)14-19-18-9-5-3-7-16(18)11-12-22(19)30-15-17-8-4-6-10-20(17)25/h2-12,14H,1,13,15H2,(H,26,29)/b21-14+. The fraction of sp³-hybridized carbons (Fsp3) is 0.0833. The van der Waals surface area contributed by atoms with Crippen molar-refractivity contribution in [2.24, 2.45) is 0 Å². The van der Waals surface area contributed by atoms with E-state index in [-0.39, 0.29) is 18.8 Å². The van der Waals surface area contributed by atoms with Crippen molar-refractivity contribution < 1.29 is 14.3 Å². The highest BCUT2D eigenvalue weighted by Crippen LogP contribution is 2.32. The molecule has 0 spiro atoms. The highest BCUT2D eigenvalue weighted by molar-refractivity contribution is 6.31. The second-order valence-corrected chi connectivity index (χ2v) is 7.18. The SMILES string of the molecule is C=CCN1C(=O)N/C(=C/c2c(OCc3ccccc3Cl)ccc3ccccc23)C1=O. The molecule has 0 unspecified atom stereocenters. The summed E-state index contributed by atoms with van der Waals surface area (Å²) in [5.74, 6) is 0.190. The minimum absolute atomic E-state index is 0.146. The van der Waals surface area contributed by atoms with Crippen molar-refractivity contribution in [3.63, 3.8) is 0 Å². The smallest absolute Gasteiger partial charge is 0.329 e. The Balaban J connectivity index is 1.75.